The van der Waals surface area contributed by atoms with E-state index in [4.69, 9.17) is 26.2 Å². The summed E-state index contributed by atoms with van der Waals surface area (Å²) in [6.07, 6.45) is 0.0785. The fourth-order valence-electron chi connectivity index (χ4n) is 2.50. The van der Waals surface area contributed by atoms with Gasteiger partial charge in [0.05, 0.1) is 24.7 Å². The molecular formula is C15H15ClNNaO5S2. The minimum atomic E-state index is -4.16. The van der Waals surface area contributed by atoms with E-state index in [0.29, 0.717) is 11.5 Å². The van der Waals surface area contributed by atoms with Crippen LogP contribution in [0.3, 0.4) is 0 Å². The Hall–Kier alpha value is -0.220. The standard InChI is InChI=1S/C15H15ClNO5S2.Na/c1-8-3-11-12(22-7-21-11)5-9(8)4-10(18)13-14(16)15(2,6-23-13)24(17,19)20;/h3,5H,4,6-7H2,1-2H3,(H-,17,19,20);/q-1;+1. The van der Waals surface area contributed by atoms with Gasteiger partial charge in [-0.15, -0.1) is 11.8 Å². The zero-order valence-corrected chi connectivity index (χ0v) is 18.4. The van der Waals surface area contributed by atoms with Crippen LogP contribution in [0.1, 0.15) is 18.1 Å². The van der Waals surface area contributed by atoms with Gasteiger partial charge in [-0.3, -0.25) is 4.79 Å². The molecular weight excluding hydrogens is 397 g/mol. The maximum absolute atomic E-state index is 12.6. The second kappa shape index (κ2) is 7.42. The number of hydrogen-bond acceptors (Lipinski definition) is 6. The van der Waals surface area contributed by atoms with Crippen molar-refractivity contribution in [2.75, 3.05) is 12.5 Å². The van der Waals surface area contributed by atoms with E-state index in [0.717, 1.165) is 22.9 Å². The molecule has 25 heavy (non-hydrogen) atoms. The number of nitrogens with one attached hydrogen (secondary N) is 1. The van der Waals surface area contributed by atoms with Gasteiger partial charge in [-0.1, -0.05) is 11.6 Å². The summed E-state index contributed by atoms with van der Waals surface area (Å²) < 4.78 is 32.4. The van der Waals surface area contributed by atoms with Crippen molar-refractivity contribution < 1.29 is 52.2 Å². The van der Waals surface area contributed by atoms with Crippen LogP contribution in [-0.2, 0) is 21.2 Å². The van der Waals surface area contributed by atoms with Crippen LogP contribution in [0.25, 0.3) is 5.14 Å². The summed E-state index contributed by atoms with van der Waals surface area (Å²) in [5.74, 6) is 1.03. The van der Waals surface area contributed by atoms with E-state index in [1.807, 2.05) is 6.92 Å². The molecule has 0 fully saturated rings. The van der Waals surface area contributed by atoms with Crippen molar-refractivity contribution in [2.45, 2.75) is 25.0 Å². The van der Waals surface area contributed by atoms with Gasteiger partial charge < -0.3 is 14.6 Å². The fraction of sp³-hybridized carbons (Fsp3) is 0.400. The first-order valence-corrected chi connectivity index (χ1v) is 9.93. The van der Waals surface area contributed by atoms with Crippen LogP contribution in [0.15, 0.2) is 22.1 Å². The van der Waals surface area contributed by atoms with E-state index in [2.05, 4.69) is 0 Å². The minimum absolute atomic E-state index is 0. The smallest absolute Gasteiger partial charge is 0.563 e. The van der Waals surface area contributed by atoms with Gasteiger partial charge in [0.15, 0.2) is 17.3 Å². The molecule has 0 radical (unpaired) electrons. The second-order valence-corrected chi connectivity index (χ2v) is 9.17. The van der Waals surface area contributed by atoms with Gasteiger partial charge in [-0.25, -0.2) is 8.42 Å². The van der Waals surface area contributed by atoms with E-state index in [9.17, 15) is 13.2 Å². The molecule has 6 nitrogen and oxygen atoms in total. The van der Waals surface area contributed by atoms with E-state index in [-0.39, 0.29) is 64.2 Å². The molecule has 0 spiro atoms. The molecule has 0 bridgehead atoms. The number of sulfonamides is 1. The van der Waals surface area contributed by atoms with E-state index >= 15 is 0 Å². The molecule has 0 amide bonds. The van der Waals surface area contributed by atoms with Gasteiger partial charge in [-0.05, 0) is 37.1 Å². The summed E-state index contributed by atoms with van der Waals surface area (Å²) in [6, 6.07) is 3.56. The van der Waals surface area contributed by atoms with Gasteiger partial charge in [-0.2, -0.15) is 0 Å². The van der Waals surface area contributed by atoms with Crippen LogP contribution in [0.2, 0.25) is 0 Å². The molecule has 0 aromatic heterocycles. The van der Waals surface area contributed by atoms with Crippen molar-refractivity contribution in [2.24, 2.45) is 0 Å². The molecule has 0 saturated heterocycles. The Labute approximate surface area is 177 Å². The monoisotopic (exact) mass is 411 g/mol. The number of benzene rings is 1. The summed E-state index contributed by atoms with van der Waals surface area (Å²) in [4.78, 5) is 12.8. The number of carbonyl (C=O) groups excluding carboxylic acids is 1. The summed E-state index contributed by atoms with van der Waals surface area (Å²) in [6.45, 7) is 3.39. The molecule has 10 heteroatoms. The number of ether oxygens (including phenoxy) is 2. The Balaban J connectivity index is 0.00000225. The van der Waals surface area contributed by atoms with E-state index in [1.54, 1.807) is 12.1 Å². The van der Waals surface area contributed by atoms with Crippen molar-refractivity contribution in [3.05, 3.63) is 38.3 Å². The summed E-state index contributed by atoms with van der Waals surface area (Å²) in [5, 5.41) is 7.26. The first-order chi connectivity index (χ1) is 11.1. The molecule has 1 atom stereocenters. The molecule has 2 aliphatic heterocycles. The Morgan fingerprint density at radius 1 is 1.36 bits per heavy atom. The predicted octanol–water partition coefficient (Wildman–Crippen LogP) is 0.177. The largest absolute Gasteiger partial charge is 1.00 e. The SMILES string of the molecule is Cc1cc2c(cc1CC(=O)C1=C(Cl)C(C)(S([NH-])(=O)=O)CS1)OCO2.[Na+]. The summed E-state index contributed by atoms with van der Waals surface area (Å²) in [5.41, 5.74) is 1.65. The number of thioether (sulfide) groups is 1. The molecule has 1 N–H and O–H groups in total. The molecule has 2 aliphatic rings. The number of carbonyl (C=O) groups is 1. The Bertz CT molecular complexity index is 871. The van der Waals surface area contributed by atoms with Gasteiger partial charge >= 0.3 is 29.6 Å². The molecule has 3 rings (SSSR count). The molecule has 1 aromatic rings. The number of allylic oxidation sites excluding steroid dienone is 1. The van der Waals surface area contributed by atoms with Crippen LogP contribution in [-0.4, -0.2) is 31.5 Å². The number of hydrogen-bond donors (Lipinski definition) is 0. The first-order valence-electron chi connectivity index (χ1n) is 7.08. The van der Waals surface area contributed by atoms with Gasteiger partial charge in [0.2, 0.25) is 6.79 Å². The quantitative estimate of drug-likeness (QED) is 0.656. The Kier molecular flexibility index (Phi) is 6.26. The third-order valence-electron chi connectivity index (χ3n) is 4.18. The van der Waals surface area contributed by atoms with Crippen LogP contribution in [0, 0.1) is 6.92 Å². The number of aryl methyl sites for hydroxylation is 1. The van der Waals surface area contributed by atoms with Crippen LogP contribution >= 0.6 is 23.4 Å². The maximum atomic E-state index is 12.6. The average Bonchev–Trinajstić information content (AvgIpc) is 3.04. The maximum Gasteiger partial charge on any atom is 1.00 e. The van der Waals surface area contributed by atoms with Crippen molar-refractivity contribution in [1.29, 1.82) is 0 Å². The number of Topliss-reactive ketones (excluding diaryl/α,β-unsaturated/α-hetero) is 1. The summed E-state index contributed by atoms with van der Waals surface area (Å²) >= 11 is 7.24. The van der Waals surface area contributed by atoms with E-state index in [1.165, 1.54) is 6.92 Å². The minimum Gasteiger partial charge on any atom is -0.563 e. The van der Waals surface area contributed by atoms with Gasteiger partial charge in [0, 0.05) is 12.2 Å². The average molecular weight is 412 g/mol. The third kappa shape index (κ3) is 3.76. The van der Waals surface area contributed by atoms with Crippen molar-refractivity contribution in [3.63, 3.8) is 0 Å². The normalized spacial score (nSPS) is 22.1. The van der Waals surface area contributed by atoms with Crippen LogP contribution in [0.5, 0.6) is 11.5 Å². The van der Waals surface area contributed by atoms with E-state index < -0.39 is 14.8 Å². The van der Waals surface area contributed by atoms with Crippen molar-refractivity contribution >= 4 is 39.2 Å². The Morgan fingerprint density at radius 3 is 2.52 bits per heavy atom. The number of ketones is 1. The second-order valence-electron chi connectivity index (χ2n) is 5.90. The zero-order valence-electron chi connectivity index (χ0n) is 14.0. The molecule has 130 valence electrons. The molecule has 0 saturated carbocycles. The summed E-state index contributed by atoms with van der Waals surface area (Å²) in [7, 11) is -4.16. The Morgan fingerprint density at radius 2 is 1.96 bits per heavy atom. The predicted molar refractivity (Wildman–Crippen MR) is 93.0 cm³/mol. The van der Waals surface area contributed by atoms with Crippen LogP contribution in [0.4, 0.5) is 0 Å². The van der Waals surface area contributed by atoms with Crippen molar-refractivity contribution in [1.82, 2.24) is 0 Å². The topological polar surface area (TPSA) is 93.5 Å². The molecule has 1 unspecified atom stereocenters. The number of rotatable bonds is 4. The van der Waals surface area contributed by atoms with Gasteiger partial charge in [0.1, 0.15) is 0 Å². The van der Waals surface area contributed by atoms with Crippen LogP contribution < -0.4 is 39.0 Å². The first kappa shape index (κ1) is 21.1. The number of halogens is 1. The molecule has 0 aliphatic carbocycles. The molecule has 1 aromatic carbocycles. The third-order valence-corrected chi connectivity index (χ3v) is 8.17. The fourth-order valence-corrected chi connectivity index (χ4v) is 5.57. The number of fused-ring (bicyclic) bond motifs is 1. The molecule has 2 heterocycles. The van der Waals surface area contributed by atoms with Crippen molar-refractivity contribution in [3.8, 4) is 11.5 Å². The zero-order chi connectivity index (χ0) is 17.7. The van der Waals surface area contributed by atoms with Gasteiger partial charge in [0.25, 0.3) is 0 Å².